The summed E-state index contributed by atoms with van der Waals surface area (Å²) in [6, 6.07) is 22.6. The number of hydrogen-bond acceptors (Lipinski definition) is 3. The highest BCUT2D eigenvalue weighted by atomic mass is 32.2. The normalized spacial score (nSPS) is 11.6. The first-order valence-corrected chi connectivity index (χ1v) is 12.1. The van der Waals surface area contributed by atoms with E-state index >= 15 is 0 Å². The molecule has 4 aromatic rings. The molecule has 0 saturated heterocycles. The highest BCUT2D eigenvalue weighted by Crippen LogP contribution is 2.29. The Bertz CT molecular complexity index is 1390. The van der Waals surface area contributed by atoms with Crippen LogP contribution >= 0.6 is 0 Å². The number of fused-ring (bicyclic) bond motifs is 1. The first-order valence-electron chi connectivity index (χ1n) is 10.4. The number of benzene rings is 3. The molecule has 164 valence electrons. The average Bonchev–Trinajstić information content (AvgIpc) is 3.15. The van der Waals surface area contributed by atoms with Gasteiger partial charge in [-0.1, -0.05) is 60.2 Å². The van der Waals surface area contributed by atoms with E-state index in [4.69, 9.17) is 0 Å². The van der Waals surface area contributed by atoms with E-state index < -0.39 is 9.84 Å². The topological polar surface area (TPSA) is 59.4 Å². The second kappa shape index (κ2) is 8.63. The number of anilines is 1. The van der Waals surface area contributed by atoms with Crippen LogP contribution in [0, 0.1) is 13.8 Å². The van der Waals surface area contributed by atoms with Crippen LogP contribution in [0.15, 0.2) is 83.9 Å². The van der Waals surface area contributed by atoms with Gasteiger partial charge in [-0.3, -0.25) is 4.79 Å². The van der Waals surface area contributed by atoms with E-state index in [0.717, 1.165) is 27.9 Å². The number of hydrogen-bond donors (Lipinski definition) is 0. The summed E-state index contributed by atoms with van der Waals surface area (Å²) >= 11 is 0. The fourth-order valence-corrected chi connectivity index (χ4v) is 5.55. The molecule has 0 fully saturated rings. The monoisotopic (exact) mass is 446 g/mol. The van der Waals surface area contributed by atoms with Gasteiger partial charge in [0.1, 0.15) is 6.54 Å². The molecule has 3 aromatic carbocycles. The third-order valence-corrected chi connectivity index (χ3v) is 7.45. The van der Waals surface area contributed by atoms with Crippen LogP contribution in [-0.4, -0.2) is 25.9 Å². The van der Waals surface area contributed by atoms with Crippen molar-refractivity contribution in [1.82, 2.24) is 4.57 Å². The molecule has 0 N–H and O–H groups in total. The number of likely N-dealkylation sites (N-methyl/N-ethyl adjacent to an activating group) is 1. The zero-order valence-corrected chi connectivity index (χ0v) is 19.3. The van der Waals surface area contributed by atoms with Crippen molar-refractivity contribution >= 4 is 32.3 Å². The van der Waals surface area contributed by atoms with E-state index in [1.165, 1.54) is 0 Å². The lowest BCUT2D eigenvalue weighted by molar-refractivity contribution is -0.118. The minimum Gasteiger partial charge on any atom is -0.337 e. The molecule has 32 heavy (non-hydrogen) atoms. The number of carbonyl (C=O) groups is 1. The molecular formula is C26H26N2O3S. The third-order valence-electron chi connectivity index (χ3n) is 5.76. The summed E-state index contributed by atoms with van der Waals surface area (Å²) in [6.45, 7) is 3.92. The van der Waals surface area contributed by atoms with Crippen molar-refractivity contribution in [1.29, 1.82) is 0 Å². The summed E-state index contributed by atoms with van der Waals surface area (Å²) in [4.78, 5) is 14.8. The number of carbonyl (C=O) groups excluding carboxylic acids is 1. The van der Waals surface area contributed by atoms with Crippen LogP contribution in [0.5, 0.6) is 0 Å². The van der Waals surface area contributed by atoms with E-state index in [9.17, 15) is 13.2 Å². The Hall–Kier alpha value is -3.38. The third kappa shape index (κ3) is 4.32. The second-order valence-electron chi connectivity index (χ2n) is 8.12. The van der Waals surface area contributed by atoms with E-state index in [1.54, 1.807) is 28.8 Å². The van der Waals surface area contributed by atoms with Crippen LogP contribution in [0.3, 0.4) is 0 Å². The summed E-state index contributed by atoms with van der Waals surface area (Å²) in [5.41, 5.74) is 4.28. The Labute approximate surface area is 188 Å². The molecule has 5 nitrogen and oxygen atoms in total. The van der Waals surface area contributed by atoms with Gasteiger partial charge in [0.05, 0.1) is 10.6 Å². The molecule has 0 aliphatic heterocycles. The highest BCUT2D eigenvalue weighted by Gasteiger charge is 2.23. The SMILES string of the molecule is Cc1ccc(C)c(CS(=O)(=O)c2cn(CC(=O)N(C)c3ccccc3)c3ccccc23)c1. The molecule has 0 radical (unpaired) electrons. The van der Waals surface area contributed by atoms with Gasteiger partial charge in [-0.25, -0.2) is 8.42 Å². The summed E-state index contributed by atoms with van der Waals surface area (Å²) in [5, 5.41) is 0.632. The van der Waals surface area contributed by atoms with Crippen molar-refractivity contribution in [3.63, 3.8) is 0 Å². The van der Waals surface area contributed by atoms with E-state index in [2.05, 4.69) is 0 Å². The molecule has 1 amide bonds. The van der Waals surface area contributed by atoms with Crippen molar-refractivity contribution in [2.75, 3.05) is 11.9 Å². The van der Waals surface area contributed by atoms with Crippen LogP contribution in [0.25, 0.3) is 10.9 Å². The van der Waals surface area contributed by atoms with Gasteiger partial charge in [-0.05, 0) is 43.2 Å². The van der Waals surface area contributed by atoms with E-state index in [1.807, 2.05) is 80.6 Å². The maximum atomic E-state index is 13.4. The zero-order chi connectivity index (χ0) is 22.9. The minimum atomic E-state index is -3.61. The van der Waals surface area contributed by atoms with Crippen LogP contribution in [-0.2, 0) is 26.9 Å². The van der Waals surface area contributed by atoms with Gasteiger partial charge < -0.3 is 9.47 Å². The summed E-state index contributed by atoms with van der Waals surface area (Å²) < 4.78 is 28.6. The lowest BCUT2D eigenvalue weighted by Gasteiger charge is -2.18. The maximum absolute atomic E-state index is 13.4. The van der Waals surface area contributed by atoms with Crippen molar-refractivity contribution in [3.8, 4) is 0 Å². The number of aromatic nitrogens is 1. The predicted molar refractivity (Wildman–Crippen MR) is 129 cm³/mol. The van der Waals surface area contributed by atoms with Crippen LogP contribution in [0.1, 0.15) is 16.7 Å². The molecule has 0 unspecified atom stereocenters. The maximum Gasteiger partial charge on any atom is 0.246 e. The van der Waals surface area contributed by atoms with Gasteiger partial charge >= 0.3 is 0 Å². The number of sulfone groups is 1. The summed E-state index contributed by atoms with van der Waals surface area (Å²) in [7, 11) is -1.89. The molecule has 0 aliphatic carbocycles. The molecule has 1 aromatic heterocycles. The molecule has 0 spiro atoms. The van der Waals surface area contributed by atoms with Crippen molar-refractivity contribution in [3.05, 3.63) is 95.7 Å². The van der Waals surface area contributed by atoms with Gasteiger partial charge in [-0.2, -0.15) is 0 Å². The molecule has 6 heteroatoms. The summed E-state index contributed by atoms with van der Waals surface area (Å²) in [5.74, 6) is -0.206. The fourth-order valence-electron chi connectivity index (χ4n) is 3.88. The van der Waals surface area contributed by atoms with Gasteiger partial charge in [0.25, 0.3) is 0 Å². The van der Waals surface area contributed by atoms with Crippen molar-refractivity contribution in [2.24, 2.45) is 0 Å². The van der Waals surface area contributed by atoms with E-state index in [0.29, 0.717) is 5.39 Å². The first-order chi connectivity index (χ1) is 15.3. The lowest BCUT2D eigenvalue weighted by atomic mass is 10.1. The van der Waals surface area contributed by atoms with E-state index in [-0.39, 0.29) is 23.1 Å². The fraction of sp³-hybridized carbons (Fsp3) is 0.192. The molecule has 0 aliphatic rings. The van der Waals surface area contributed by atoms with Gasteiger partial charge in [-0.15, -0.1) is 0 Å². The van der Waals surface area contributed by atoms with Crippen molar-refractivity contribution < 1.29 is 13.2 Å². The van der Waals surface area contributed by atoms with Crippen LogP contribution < -0.4 is 4.90 Å². The number of aryl methyl sites for hydroxylation is 2. The molecule has 4 rings (SSSR count). The van der Waals surface area contributed by atoms with Crippen molar-refractivity contribution in [2.45, 2.75) is 31.0 Å². The molecule has 1 heterocycles. The average molecular weight is 447 g/mol. The van der Waals surface area contributed by atoms with Crippen LogP contribution in [0.2, 0.25) is 0 Å². The highest BCUT2D eigenvalue weighted by molar-refractivity contribution is 7.90. The predicted octanol–water partition coefficient (Wildman–Crippen LogP) is 4.90. The first kappa shape index (κ1) is 21.8. The summed E-state index contributed by atoms with van der Waals surface area (Å²) in [6.07, 6.45) is 1.60. The number of nitrogens with zero attached hydrogens (tertiary/aromatic N) is 2. The standard InChI is InChI=1S/C26H26N2O3S/c1-19-13-14-20(2)21(15-19)18-32(30,31)25-16-28(24-12-8-7-11-23(24)25)17-26(29)27(3)22-9-5-4-6-10-22/h4-16H,17-18H2,1-3H3. The molecule has 0 atom stereocenters. The largest absolute Gasteiger partial charge is 0.337 e. The molecule has 0 saturated carbocycles. The Balaban J connectivity index is 1.70. The Kier molecular flexibility index (Phi) is 5.89. The Morgan fingerprint density at radius 1 is 0.938 bits per heavy atom. The quantitative estimate of drug-likeness (QED) is 0.423. The smallest absolute Gasteiger partial charge is 0.246 e. The Morgan fingerprint density at radius 2 is 1.62 bits per heavy atom. The molecular weight excluding hydrogens is 420 g/mol. The van der Waals surface area contributed by atoms with Gasteiger partial charge in [0, 0.05) is 29.8 Å². The Morgan fingerprint density at radius 3 is 2.38 bits per heavy atom. The number of rotatable bonds is 6. The number of amides is 1. The van der Waals surface area contributed by atoms with Crippen LogP contribution in [0.4, 0.5) is 5.69 Å². The van der Waals surface area contributed by atoms with Gasteiger partial charge in [0.15, 0.2) is 9.84 Å². The van der Waals surface area contributed by atoms with Gasteiger partial charge in [0.2, 0.25) is 5.91 Å². The molecule has 0 bridgehead atoms. The zero-order valence-electron chi connectivity index (χ0n) is 18.4. The minimum absolute atomic E-state index is 0.0465. The lowest BCUT2D eigenvalue weighted by Crippen LogP contribution is -2.29. The number of para-hydroxylation sites is 2. The second-order valence-corrected chi connectivity index (χ2v) is 10.1.